The van der Waals surface area contributed by atoms with E-state index in [1.54, 1.807) is 4.90 Å². The lowest BCUT2D eigenvalue weighted by Gasteiger charge is -2.36. The summed E-state index contributed by atoms with van der Waals surface area (Å²) < 4.78 is 0. The Labute approximate surface area is 179 Å². The number of piperazine rings is 1. The molecule has 1 aliphatic heterocycles. The van der Waals surface area contributed by atoms with Gasteiger partial charge in [-0.2, -0.15) is 0 Å². The fraction of sp³-hybridized carbons (Fsp3) is 0.391. The number of amides is 2. The number of hydrogen-bond acceptors (Lipinski definition) is 3. The Morgan fingerprint density at radius 2 is 1.52 bits per heavy atom. The Morgan fingerprint density at radius 3 is 2.14 bits per heavy atom. The van der Waals surface area contributed by atoms with E-state index in [9.17, 15) is 9.59 Å². The largest absolute Gasteiger partial charge is 0.339 e. The molecule has 6 heteroatoms. The monoisotopic (exact) mass is 415 g/mol. The van der Waals surface area contributed by atoms with E-state index in [4.69, 9.17) is 5.73 Å². The molecule has 0 aliphatic carbocycles. The van der Waals surface area contributed by atoms with Crippen molar-refractivity contribution in [1.29, 1.82) is 0 Å². The zero-order chi connectivity index (χ0) is 19.9. The van der Waals surface area contributed by atoms with Gasteiger partial charge in [-0.15, -0.1) is 12.4 Å². The highest BCUT2D eigenvalue weighted by atomic mass is 35.5. The van der Waals surface area contributed by atoms with Crippen LogP contribution in [0.15, 0.2) is 54.6 Å². The van der Waals surface area contributed by atoms with Crippen LogP contribution in [0.25, 0.3) is 0 Å². The normalized spacial score (nSPS) is 14.8. The fourth-order valence-electron chi connectivity index (χ4n) is 3.54. The van der Waals surface area contributed by atoms with Crippen molar-refractivity contribution in [3.05, 3.63) is 71.3 Å². The third-order valence-electron chi connectivity index (χ3n) is 5.35. The molecule has 2 aromatic rings. The lowest BCUT2D eigenvalue weighted by atomic mass is 10.0. The molecule has 0 spiro atoms. The van der Waals surface area contributed by atoms with Crippen molar-refractivity contribution in [3.8, 4) is 0 Å². The van der Waals surface area contributed by atoms with Gasteiger partial charge in [-0.05, 0) is 30.9 Å². The van der Waals surface area contributed by atoms with E-state index in [0.29, 0.717) is 32.6 Å². The molecule has 1 aliphatic rings. The molecule has 2 N–H and O–H groups in total. The molecule has 2 amide bonds. The van der Waals surface area contributed by atoms with Gasteiger partial charge >= 0.3 is 0 Å². The number of carbonyl (C=O) groups is 2. The molecular formula is C23H30ClN3O2. The zero-order valence-electron chi connectivity index (χ0n) is 16.9. The first-order valence-corrected chi connectivity index (χ1v) is 9.97. The summed E-state index contributed by atoms with van der Waals surface area (Å²) >= 11 is 0. The number of nitrogens with two attached hydrogens (primary N) is 1. The number of aryl methyl sites for hydroxylation is 2. The predicted octanol–water partition coefficient (Wildman–Crippen LogP) is 3.11. The number of nitrogens with zero attached hydrogens (tertiary/aromatic N) is 2. The van der Waals surface area contributed by atoms with Gasteiger partial charge < -0.3 is 15.5 Å². The van der Waals surface area contributed by atoms with Gasteiger partial charge in [0.15, 0.2) is 0 Å². The second-order valence-corrected chi connectivity index (χ2v) is 7.43. The molecular weight excluding hydrogens is 386 g/mol. The molecule has 2 aromatic carbocycles. The Hall–Kier alpha value is -2.37. The summed E-state index contributed by atoms with van der Waals surface area (Å²) in [4.78, 5) is 28.8. The Morgan fingerprint density at radius 1 is 0.931 bits per heavy atom. The van der Waals surface area contributed by atoms with Gasteiger partial charge in [0.25, 0.3) is 0 Å². The molecule has 3 rings (SSSR count). The van der Waals surface area contributed by atoms with E-state index in [2.05, 4.69) is 12.1 Å². The second-order valence-electron chi connectivity index (χ2n) is 7.43. The minimum Gasteiger partial charge on any atom is -0.339 e. The van der Waals surface area contributed by atoms with E-state index in [-0.39, 0.29) is 24.2 Å². The highest BCUT2D eigenvalue weighted by Gasteiger charge is 2.27. The van der Waals surface area contributed by atoms with E-state index in [0.717, 1.165) is 24.0 Å². The first-order chi connectivity index (χ1) is 13.5. The highest BCUT2D eigenvalue weighted by molar-refractivity contribution is 5.85. The average Bonchev–Trinajstić information content (AvgIpc) is 2.74. The van der Waals surface area contributed by atoms with E-state index >= 15 is 0 Å². The van der Waals surface area contributed by atoms with Crippen LogP contribution < -0.4 is 5.73 Å². The molecule has 0 saturated carbocycles. The van der Waals surface area contributed by atoms with Crippen LogP contribution in [0, 0.1) is 6.92 Å². The van der Waals surface area contributed by atoms with Crippen LogP contribution in [0.3, 0.4) is 0 Å². The van der Waals surface area contributed by atoms with Crippen LogP contribution in [0.1, 0.15) is 35.6 Å². The first kappa shape index (κ1) is 22.9. The average molecular weight is 416 g/mol. The number of benzene rings is 2. The van der Waals surface area contributed by atoms with Gasteiger partial charge in [0, 0.05) is 32.6 Å². The minimum absolute atomic E-state index is 0. The van der Waals surface area contributed by atoms with Crippen LogP contribution in [0.5, 0.6) is 0 Å². The lowest BCUT2D eigenvalue weighted by molar-refractivity contribution is -0.140. The molecule has 1 heterocycles. The third-order valence-corrected chi connectivity index (χ3v) is 5.35. The molecule has 0 aromatic heterocycles. The predicted molar refractivity (Wildman–Crippen MR) is 118 cm³/mol. The van der Waals surface area contributed by atoms with Crippen LogP contribution in [-0.2, 0) is 16.0 Å². The molecule has 0 radical (unpaired) electrons. The van der Waals surface area contributed by atoms with Crippen LogP contribution in [-0.4, -0.2) is 47.8 Å². The number of halogens is 1. The van der Waals surface area contributed by atoms with Gasteiger partial charge in [0.05, 0.1) is 0 Å². The van der Waals surface area contributed by atoms with Crippen molar-refractivity contribution in [2.75, 3.05) is 26.2 Å². The fourth-order valence-corrected chi connectivity index (χ4v) is 3.54. The summed E-state index contributed by atoms with van der Waals surface area (Å²) in [6.45, 7) is 4.26. The van der Waals surface area contributed by atoms with Gasteiger partial charge in [0.2, 0.25) is 11.8 Å². The molecule has 1 fully saturated rings. The van der Waals surface area contributed by atoms with E-state index in [1.807, 2.05) is 54.3 Å². The molecule has 156 valence electrons. The maximum atomic E-state index is 12.7. The smallest absolute Gasteiger partial charge is 0.244 e. The minimum atomic E-state index is -0.645. The summed E-state index contributed by atoms with van der Waals surface area (Å²) in [5.74, 6) is 0.103. The van der Waals surface area contributed by atoms with Crippen molar-refractivity contribution >= 4 is 24.2 Å². The standard InChI is InChI=1S/C23H29N3O2.ClH/c1-18-10-12-20(13-11-18)22(24)23(28)26-16-14-25(15-17-26)21(27)9-5-8-19-6-3-2-4-7-19;/h2-4,6-7,10-13,22H,5,8-9,14-17,24H2,1H3;1H. The van der Waals surface area contributed by atoms with Gasteiger partial charge in [-0.1, -0.05) is 60.2 Å². The van der Waals surface area contributed by atoms with Crippen LogP contribution >= 0.6 is 12.4 Å². The molecule has 1 unspecified atom stereocenters. The number of rotatable bonds is 6. The molecule has 1 atom stereocenters. The first-order valence-electron chi connectivity index (χ1n) is 9.97. The van der Waals surface area contributed by atoms with Crippen molar-refractivity contribution < 1.29 is 9.59 Å². The van der Waals surface area contributed by atoms with Crippen LogP contribution in [0.2, 0.25) is 0 Å². The Bertz CT molecular complexity index is 788. The van der Waals surface area contributed by atoms with E-state index in [1.165, 1.54) is 5.56 Å². The summed E-state index contributed by atoms with van der Waals surface area (Å²) in [7, 11) is 0. The molecule has 0 bridgehead atoms. The van der Waals surface area contributed by atoms with E-state index < -0.39 is 6.04 Å². The zero-order valence-corrected chi connectivity index (χ0v) is 17.7. The van der Waals surface area contributed by atoms with Crippen molar-refractivity contribution in [2.24, 2.45) is 5.73 Å². The lowest BCUT2D eigenvalue weighted by Crippen LogP contribution is -2.52. The highest BCUT2D eigenvalue weighted by Crippen LogP contribution is 2.16. The SMILES string of the molecule is Cc1ccc(C(N)C(=O)N2CCN(C(=O)CCCc3ccccc3)CC2)cc1.Cl. The van der Waals surface area contributed by atoms with Crippen molar-refractivity contribution in [1.82, 2.24) is 9.80 Å². The van der Waals surface area contributed by atoms with Crippen LogP contribution in [0.4, 0.5) is 0 Å². The molecule has 1 saturated heterocycles. The van der Waals surface area contributed by atoms with Gasteiger partial charge in [0.1, 0.15) is 6.04 Å². The van der Waals surface area contributed by atoms with Gasteiger partial charge in [-0.25, -0.2) is 0 Å². The number of hydrogen-bond donors (Lipinski definition) is 1. The molecule has 5 nitrogen and oxygen atoms in total. The van der Waals surface area contributed by atoms with Crippen molar-refractivity contribution in [3.63, 3.8) is 0 Å². The summed E-state index contributed by atoms with van der Waals surface area (Å²) in [5.41, 5.74) is 9.39. The number of carbonyl (C=O) groups excluding carboxylic acids is 2. The maximum Gasteiger partial charge on any atom is 0.244 e. The summed E-state index contributed by atoms with van der Waals surface area (Å²) in [6, 6.07) is 17.3. The van der Waals surface area contributed by atoms with Gasteiger partial charge in [-0.3, -0.25) is 9.59 Å². The molecule has 29 heavy (non-hydrogen) atoms. The summed E-state index contributed by atoms with van der Waals surface area (Å²) in [6.07, 6.45) is 2.31. The topological polar surface area (TPSA) is 66.6 Å². The third kappa shape index (κ3) is 6.31. The Kier molecular flexibility index (Phi) is 8.68. The van der Waals surface area contributed by atoms with Crippen molar-refractivity contribution in [2.45, 2.75) is 32.2 Å². The maximum absolute atomic E-state index is 12.7. The summed E-state index contributed by atoms with van der Waals surface area (Å²) in [5, 5.41) is 0. The second kappa shape index (κ2) is 11.0. The Balaban J connectivity index is 0.00000300. The quantitative estimate of drug-likeness (QED) is 0.788.